The Hall–Kier alpha value is -0.244. The summed E-state index contributed by atoms with van der Waals surface area (Å²) in [5.74, 6) is -2.05. The van der Waals surface area contributed by atoms with Crippen LogP contribution in [0.4, 0.5) is 0 Å². The van der Waals surface area contributed by atoms with Crippen molar-refractivity contribution in [2.75, 3.05) is 0 Å². The van der Waals surface area contributed by atoms with Crippen LogP contribution in [-0.2, 0) is 25.7 Å². The Labute approximate surface area is 147 Å². The summed E-state index contributed by atoms with van der Waals surface area (Å²) in [6.45, 7) is 2.07. The van der Waals surface area contributed by atoms with Crippen molar-refractivity contribution in [2.24, 2.45) is 0 Å². The van der Waals surface area contributed by atoms with Gasteiger partial charge in [-0.05, 0) is 12.5 Å². The van der Waals surface area contributed by atoms with E-state index in [0.717, 1.165) is 11.1 Å². The number of hydrogen-bond acceptors (Lipinski definition) is 5. The fourth-order valence-electron chi connectivity index (χ4n) is 1.39. The van der Waals surface area contributed by atoms with Crippen LogP contribution in [0.5, 0.6) is 0 Å². The molecular formula is C12H11KO5. The summed E-state index contributed by atoms with van der Waals surface area (Å²) in [4.78, 5) is 21.7. The van der Waals surface area contributed by atoms with Crippen LogP contribution in [0.25, 0.3) is 0 Å². The number of aryl methyl sites for hydroxylation is 1. The van der Waals surface area contributed by atoms with Crippen molar-refractivity contribution in [1.29, 1.82) is 0 Å². The summed E-state index contributed by atoms with van der Waals surface area (Å²) in [7, 11) is 0. The van der Waals surface area contributed by atoms with E-state index in [1.807, 2.05) is 31.2 Å². The third kappa shape index (κ3) is 4.15. The standard InChI is InChI=1S/C12H12O5.K/c1-7-2-4-8(5-3-7)6-16-12(15)10-9(17-10)11(13)14;/h2-5,9-10H,6H2,1H3,(H,13,14);/q;+1/p-1. The molecule has 6 heteroatoms. The van der Waals surface area contributed by atoms with Crippen LogP contribution >= 0.6 is 0 Å². The first-order chi connectivity index (χ1) is 8.08. The minimum atomic E-state index is -1.39. The van der Waals surface area contributed by atoms with Gasteiger partial charge in [-0.25, -0.2) is 4.79 Å². The molecule has 1 aliphatic heterocycles. The molecule has 0 aromatic heterocycles. The number of esters is 1. The van der Waals surface area contributed by atoms with Gasteiger partial charge in [-0.3, -0.25) is 0 Å². The van der Waals surface area contributed by atoms with Crippen molar-refractivity contribution in [3.63, 3.8) is 0 Å². The summed E-state index contributed by atoms with van der Waals surface area (Å²) >= 11 is 0. The molecule has 1 saturated heterocycles. The Morgan fingerprint density at radius 2 is 1.89 bits per heavy atom. The zero-order valence-corrected chi connectivity index (χ0v) is 13.3. The molecule has 2 unspecified atom stereocenters. The number of benzene rings is 1. The van der Waals surface area contributed by atoms with Gasteiger partial charge in [0.15, 0.2) is 6.10 Å². The molecule has 0 spiro atoms. The molecule has 0 saturated carbocycles. The first kappa shape index (κ1) is 15.8. The minimum absolute atomic E-state index is 0. The molecule has 18 heavy (non-hydrogen) atoms. The topological polar surface area (TPSA) is 79.0 Å². The second-order valence-corrected chi connectivity index (χ2v) is 3.89. The maximum absolute atomic E-state index is 11.3. The van der Waals surface area contributed by atoms with Gasteiger partial charge in [0.1, 0.15) is 12.7 Å². The molecule has 2 rings (SSSR count). The molecule has 0 bridgehead atoms. The number of rotatable bonds is 4. The van der Waals surface area contributed by atoms with Gasteiger partial charge in [-0.2, -0.15) is 0 Å². The maximum atomic E-state index is 11.3. The molecule has 5 nitrogen and oxygen atoms in total. The first-order valence-electron chi connectivity index (χ1n) is 5.16. The van der Waals surface area contributed by atoms with Gasteiger partial charge < -0.3 is 19.4 Å². The van der Waals surface area contributed by atoms with Crippen LogP contribution in [0.3, 0.4) is 0 Å². The monoisotopic (exact) mass is 274 g/mol. The zero-order valence-electron chi connectivity index (χ0n) is 10.2. The molecule has 1 fully saturated rings. The van der Waals surface area contributed by atoms with E-state index in [4.69, 9.17) is 4.74 Å². The SMILES string of the molecule is Cc1ccc(COC(=O)C2OC2C(=O)[O-])cc1.[K+]. The number of carbonyl (C=O) groups is 2. The molecule has 0 radical (unpaired) electrons. The van der Waals surface area contributed by atoms with E-state index in [-0.39, 0.29) is 58.0 Å². The smallest absolute Gasteiger partial charge is 0.547 e. The van der Waals surface area contributed by atoms with Crippen LogP contribution in [0, 0.1) is 6.92 Å². The predicted molar refractivity (Wildman–Crippen MR) is 54.6 cm³/mol. The van der Waals surface area contributed by atoms with Crippen molar-refractivity contribution < 1.29 is 75.6 Å². The number of carboxylic acids is 1. The van der Waals surface area contributed by atoms with Crippen molar-refractivity contribution in [3.05, 3.63) is 35.4 Å². The van der Waals surface area contributed by atoms with Crippen LogP contribution in [0.2, 0.25) is 0 Å². The number of epoxide rings is 1. The number of hydrogen-bond donors (Lipinski definition) is 0. The predicted octanol–water partition coefficient (Wildman–Crippen LogP) is -3.44. The third-order valence-electron chi connectivity index (χ3n) is 2.46. The van der Waals surface area contributed by atoms with Crippen LogP contribution in [0.1, 0.15) is 11.1 Å². The summed E-state index contributed by atoms with van der Waals surface area (Å²) < 4.78 is 9.53. The quantitative estimate of drug-likeness (QED) is 0.324. The van der Waals surface area contributed by atoms with Gasteiger partial charge in [0, 0.05) is 0 Å². The van der Waals surface area contributed by atoms with Crippen molar-refractivity contribution in [2.45, 2.75) is 25.7 Å². The van der Waals surface area contributed by atoms with Gasteiger partial charge in [0.05, 0.1) is 5.97 Å². The molecule has 1 aromatic rings. The minimum Gasteiger partial charge on any atom is -0.547 e. The van der Waals surface area contributed by atoms with E-state index < -0.39 is 24.1 Å². The summed E-state index contributed by atoms with van der Waals surface area (Å²) in [6.07, 6.45) is -2.16. The molecule has 1 aromatic carbocycles. The largest absolute Gasteiger partial charge is 1.00 e. The van der Waals surface area contributed by atoms with Gasteiger partial charge in [-0.1, -0.05) is 29.8 Å². The van der Waals surface area contributed by atoms with E-state index in [0.29, 0.717) is 0 Å². The summed E-state index contributed by atoms with van der Waals surface area (Å²) in [5, 5.41) is 10.3. The van der Waals surface area contributed by atoms with E-state index >= 15 is 0 Å². The third-order valence-corrected chi connectivity index (χ3v) is 2.46. The fourth-order valence-corrected chi connectivity index (χ4v) is 1.39. The number of carboxylic acid groups (broad SMARTS) is 1. The molecule has 0 N–H and O–H groups in total. The van der Waals surface area contributed by atoms with E-state index in [9.17, 15) is 14.7 Å². The number of aliphatic carboxylic acids is 1. The van der Waals surface area contributed by atoms with Crippen molar-refractivity contribution in [1.82, 2.24) is 0 Å². The number of ether oxygens (including phenoxy) is 2. The molecule has 90 valence electrons. The molecule has 1 aliphatic rings. The van der Waals surface area contributed by atoms with Crippen molar-refractivity contribution >= 4 is 11.9 Å². The average molecular weight is 274 g/mol. The van der Waals surface area contributed by atoms with E-state index in [1.165, 1.54) is 0 Å². The Morgan fingerprint density at radius 3 is 2.39 bits per heavy atom. The van der Waals surface area contributed by atoms with Crippen LogP contribution < -0.4 is 56.5 Å². The molecule has 2 atom stereocenters. The zero-order chi connectivity index (χ0) is 12.4. The summed E-state index contributed by atoms with van der Waals surface area (Å²) in [5.41, 5.74) is 1.96. The van der Waals surface area contributed by atoms with Crippen molar-refractivity contribution in [3.8, 4) is 0 Å². The Bertz CT molecular complexity index is 442. The van der Waals surface area contributed by atoms with Gasteiger partial charge in [-0.15, -0.1) is 0 Å². The summed E-state index contributed by atoms with van der Waals surface area (Å²) in [6, 6.07) is 7.49. The normalized spacial score (nSPS) is 20.7. The second kappa shape index (κ2) is 6.79. The second-order valence-electron chi connectivity index (χ2n) is 3.89. The molecule has 0 amide bonds. The maximum Gasteiger partial charge on any atom is 1.00 e. The average Bonchev–Trinajstić information content (AvgIpc) is 3.08. The molecule has 0 aliphatic carbocycles. The van der Waals surface area contributed by atoms with Crippen LogP contribution in [-0.4, -0.2) is 24.1 Å². The Kier molecular flexibility index (Phi) is 5.96. The number of carbonyl (C=O) groups excluding carboxylic acids is 2. The Morgan fingerprint density at radius 1 is 1.28 bits per heavy atom. The van der Waals surface area contributed by atoms with E-state index in [1.54, 1.807) is 0 Å². The van der Waals surface area contributed by atoms with Gasteiger partial charge >= 0.3 is 57.4 Å². The first-order valence-corrected chi connectivity index (χ1v) is 5.16. The molecular weight excluding hydrogens is 263 g/mol. The molecule has 1 heterocycles. The van der Waals surface area contributed by atoms with E-state index in [2.05, 4.69) is 4.74 Å². The van der Waals surface area contributed by atoms with Gasteiger partial charge in [0.25, 0.3) is 0 Å². The van der Waals surface area contributed by atoms with Crippen LogP contribution in [0.15, 0.2) is 24.3 Å². The fraction of sp³-hybridized carbons (Fsp3) is 0.333. The Balaban J connectivity index is 0.00000162. The van der Waals surface area contributed by atoms with Gasteiger partial charge in [0.2, 0.25) is 0 Å².